The van der Waals surface area contributed by atoms with Crippen LogP contribution in [-0.2, 0) is 0 Å². The van der Waals surface area contributed by atoms with Crippen LogP contribution in [0.5, 0.6) is 5.75 Å². The average molecular weight is 216 g/mol. The first-order valence-corrected chi connectivity index (χ1v) is 3.69. The monoisotopic (exact) mass is 216 g/mol. The average Bonchev–Trinajstić information content (AvgIpc) is 2.18. The third kappa shape index (κ3) is 2.16. The minimum absolute atomic E-state index is 0.298. The highest BCUT2D eigenvalue weighted by molar-refractivity contribution is 5.20. The van der Waals surface area contributed by atoms with Gasteiger partial charge in [-0.3, -0.25) is 20.2 Å². The van der Waals surface area contributed by atoms with Crippen LogP contribution in [0.3, 0.4) is 0 Å². The fourth-order valence-corrected chi connectivity index (χ4v) is 0.780. The smallest absolute Gasteiger partial charge is 0.340 e. The van der Waals surface area contributed by atoms with Gasteiger partial charge in [-0.1, -0.05) is 22.6 Å². The van der Waals surface area contributed by atoms with Crippen LogP contribution in [0.15, 0.2) is 30.3 Å². The number of rotatable bonds is 4. The predicted molar refractivity (Wildman–Crippen MR) is 44.9 cm³/mol. The summed E-state index contributed by atoms with van der Waals surface area (Å²) >= 11 is 0. The molecule has 0 saturated heterocycles. The van der Waals surface area contributed by atoms with Crippen LogP contribution in [0.2, 0.25) is 0 Å². The van der Waals surface area contributed by atoms with E-state index in [0.717, 1.165) is 0 Å². The van der Waals surface area contributed by atoms with Crippen molar-refractivity contribution in [2.75, 3.05) is 0 Å². The number of para-hydroxylation sites is 1. The largest absolute Gasteiger partial charge is 0.804 e. The summed E-state index contributed by atoms with van der Waals surface area (Å²) in [6, 6.07) is 6.68. The van der Waals surface area contributed by atoms with E-state index in [9.17, 15) is 24.6 Å². The van der Waals surface area contributed by atoms with Crippen molar-refractivity contribution < 1.29 is 19.0 Å². The maximum atomic E-state index is 13.1. The second-order valence-electron chi connectivity index (χ2n) is 2.46. The van der Waals surface area contributed by atoms with Crippen molar-refractivity contribution in [3.05, 3.63) is 50.6 Å². The molecule has 0 spiro atoms. The van der Waals surface area contributed by atoms with Crippen LogP contribution in [0.1, 0.15) is 0 Å². The van der Waals surface area contributed by atoms with Gasteiger partial charge in [0.05, 0.1) is 0 Å². The SMILES string of the molecule is O=[N+]([O-])C(F)(Oc1ccccc1)[N+](=O)[O-]. The van der Waals surface area contributed by atoms with Crippen molar-refractivity contribution in [2.45, 2.75) is 6.10 Å². The number of nitro groups is 2. The van der Waals surface area contributed by atoms with Crippen molar-refractivity contribution in [3.63, 3.8) is 0 Å². The Morgan fingerprint density at radius 1 is 1.13 bits per heavy atom. The van der Waals surface area contributed by atoms with Gasteiger partial charge in [-0.25, -0.2) is 0 Å². The van der Waals surface area contributed by atoms with Gasteiger partial charge in [0, 0.05) is 0 Å². The molecule has 80 valence electrons. The molecule has 0 saturated carbocycles. The van der Waals surface area contributed by atoms with E-state index in [4.69, 9.17) is 0 Å². The van der Waals surface area contributed by atoms with Gasteiger partial charge >= 0.3 is 6.10 Å². The summed E-state index contributed by atoms with van der Waals surface area (Å²) in [7, 11) is 0. The summed E-state index contributed by atoms with van der Waals surface area (Å²) in [4.78, 5) is 16.8. The third-order valence-corrected chi connectivity index (χ3v) is 1.44. The summed E-state index contributed by atoms with van der Waals surface area (Å²) in [6.45, 7) is 0. The molecule has 0 fully saturated rings. The molecule has 0 aliphatic heterocycles. The molecular formula is C7H5FN2O5. The second-order valence-corrected chi connectivity index (χ2v) is 2.46. The van der Waals surface area contributed by atoms with Gasteiger partial charge in [0.2, 0.25) is 0 Å². The Bertz CT molecular complexity index is 368. The van der Waals surface area contributed by atoms with Crippen molar-refractivity contribution >= 4 is 0 Å². The Kier molecular flexibility index (Phi) is 2.79. The first kappa shape index (κ1) is 10.8. The molecule has 0 aliphatic rings. The predicted octanol–water partition coefficient (Wildman–Crippen LogP) is 1.20. The van der Waals surface area contributed by atoms with E-state index in [2.05, 4.69) is 4.74 Å². The molecular weight excluding hydrogens is 211 g/mol. The molecule has 1 rings (SSSR count). The van der Waals surface area contributed by atoms with E-state index in [0.29, 0.717) is 0 Å². The first-order chi connectivity index (χ1) is 6.97. The lowest BCUT2D eigenvalue weighted by Gasteiger charge is -2.08. The Morgan fingerprint density at radius 3 is 2.00 bits per heavy atom. The lowest BCUT2D eigenvalue weighted by Crippen LogP contribution is -2.47. The van der Waals surface area contributed by atoms with Crippen LogP contribution in [0, 0.1) is 20.2 Å². The van der Waals surface area contributed by atoms with Crippen LogP contribution < -0.4 is 4.74 Å². The summed E-state index contributed by atoms with van der Waals surface area (Å²) in [5, 5.41) is 20.3. The highest BCUT2D eigenvalue weighted by Crippen LogP contribution is 2.20. The summed E-state index contributed by atoms with van der Waals surface area (Å²) < 4.78 is 17.2. The molecule has 0 radical (unpaired) electrons. The minimum Gasteiger partial charge on any atom is -0.340 e. The number of hydrogen-bond acceptors (Lipinski definition) is 5. The van der Waals surface area contributed by atoms with E-state index < -0.39 is 15.9 Å². The van der Waals surface area contributed by atoms with Gasteiger partial charge in [-0.2, -0.15) is 0 Å². The van der Waals surface area contributed by atoms with Gasteiger partial charge in [0.15, 0.2) is 9.85 Å². The molecule has 15 heavy (non-hydrogen) atoms. The fourth-order valence-electron chi connectivity index (χ4n) is 0.780. The zero-order valence-corrected chi connectivity index (χ0v) is 7.20. The highest BCUT2D eigenvalue weighted by Gasteiger charge is 2.63. The number of halogens is 1. The normalized spacial score (nSPS) is 10.7. The Morgan fingerprint density at radius 2 is 1.60 bits per heavy atom. The molecule has 0 aromatic heterocycles. The molecule has 8 heteroatoms. The third-order valence-electron chi connectivity index (χ3n) is 1.44. The maximum Gasteiger partial charge on any atom is 0.804 e. The molecule has 7 nitrogen and oxygen atoms in total. The summed E-state index contributed by atoms with van der Waals surface area (Å²) in [5.74, 6) is -0.298. The van der Waals surface area contributed by atoms with Crippen LogP contribution in [0.25, 0.3) is 0 Å². The molecule has 0 atom stereocenters. The van der Waals surface area contributed by atoms with Crippen LogP contribution in [0.4, 0.5) is 4.39 Å². The number of alkyl halides is 1. The summed E-state index contributed by atoms with van der Waals surface area (Å²) in [5.41, 5.74) is 0. The Hall–Kier alpha value is -2.25. The maximum absolute atomic E-state index is 13.1. The summed E-state index contributed by atoms with van der Waals surface area (Å²) in [6.07, 6.45) is -4.15. The van der Waals surface area contributed by atoms with E-state index in [1.165, 1.54) is 24.3 Å². The second kappa shape index (κ2) is 3.86. The van der Waals surface area contributed by atoms with Crippen LogP contribution >= 0.6 is 0 Å². The molecule has 0 bridgehead atoms. The van der Waals surface area contributed by atoms with Gasteiger partial charge in [-0.15, -0.1) is 0 Å². The van der Waals surface area contributed by atoms with Crippen molar-refractivity contribution in [3.8, 4) is 5.75 Å². The highest BCUT2D eigenvalue weighted by atomic mass is 19.2. The molecule has 0 amide bonds. The van der Waals surface area contributed by atoms with E-state index in [1.807, 2.05) is 0 Å². The van der Waals surface area contributed by atoms with Gasteiger partial charge in [-0.05, 0) is 12.1 Å². The molecule has 1 aromatic carbocycles. The van der Waals surface area contributed by atoms with Crippen molar-refractivity contribution in [2.24, 2.45) is 0 Å². The quantitative estimate of drug-likeness (QED) is 0.326. The van der Waals surface area contributed by atoms with Gasteiger partial charge in [0.25, 0.3) is 0 Å². The molecule has 0 N–H and O–H groups in total. The lowest BCUT2D eigenvalue weighted by atomic mass is 10.3. The zero-order valence-electron chi connectivity index (χ0n) is 7.20. The fraction of sp³-hybridized carbons (Fsp3) is 0.143. The lowest BCUT2D eigenvalue weighted by molar-refractivity contribution is -0.874. The molecule has 0 heterocycles. The molecule has 0 aliphatic carbocycles. The Balaban J connectivity index is 2.95. The first-order valence-electron chi connectivity index (χ1n) is 3.69. The number of hydrogen-bond donors (Lipinski definition) is 0. The zero-order chi connectivity index (χ0) is 11.5. The number of nitrogens with zero attached hydrogens (tertiary/aromatic N) is 2. The van der Waals surface area contributed by atoms with E-state index in [1.54, 1.807) is 6.07 Å². The van der Waals surface area contributed by atoms with Crippen LogP contribution in [-0.4, -0.2) is 15.9 Å². The van der Waals surface area contributed by atoms with Gasteiger partial charge in [0.1, 0.15) is 5.75 Å². The minimum atomic E-state index is -4.15. The molecule has 1 aromatic rings. The standard InChI is InChI=1S/C7H5FN2O5/c8-7(9(11)12,10(13)14)15-6-4-2-1-3-5-6/h1-5H. The van der Waals surface area contributed by atoms with Crippen molar-refractivity contribution in [1.29, 1.82) is 0 Å². The van der Waals surface area contributed by atoms with Gasteiger partial charge < -0.3 is 4.74 Å². The van der Waals surface area contributed by atoms with E-state index in [-0.39, 0.29) is 5.75 Å². The molecule has 0 unspecified atom stereocenters. The van der Waals surface area contributed by atoms with E-state index >= 15 is 0 Å². The van der Waals surface area contributed by atoms with Crippen molar-refractivity contribution in [1.82, 2.24) is 0 Å². The number of ether oxygens (including phenoxy) is 1. The Labute approximate surface area is 82.4 Å². The number of benzene rings is 1. The topological polar surface area (TPSA) is 95.5 Å².